The van der Waals surface area contributed by atoms with E-state index in [4.69, 9.17) is 15.1 Å². The van der Waals surface area contributed by atoms with Crippen LogP contribution in [-0.2, 0) is 0 Å². The SMILES string of the molecule is CCC(CCO)CNCC(O)COc1cccc(C#N)c1. The molecule has 116 valence electrons. The largest absolute Gasteiger partial charge is 0.491 e. The normalized spacial score (nSPS) is 13.4. The molecule has 0 aliphatic heterocycles. The van der Waals surface area contributed by atoms with Gasteiger partial charge in [-0.3, -0.25) is 0 Å². The van der Waals surface area contributed by atoms with Gasteiger partial charge in [-0.2, -0.15) is 5.26 Å². The number of nitriles is 1. The summed E-state index contributed by atoms with van der Waals surface area (Å²) in [6, 6.07) is 8.91. The van der Waals surface area contributed by atoms with E-state index in [1.165, 1.54) is 0 Å². The summed E-state index contributed by atoms with van der Waals surface area (Å²) in [6.45, 7) is 3.68. The van der Waals surface area contributed by atoms with Crippen LogP contribution in [0.5, 0.6) is 5.75 Å². The van der Waals surface area contributed by atoms with Crippen molar-refractivity contribution in [1.29, 1.82) is 5.26 Å². The molecule has 0 fully saturated rings. The number of nitrogens with one attached hydrogen (secondary N) is 1. The van der Waals surface area contributed by atoms with Gasteiger partial charge in [-0.1, -0.05) is 19.4 Å². The van der Waals surface area contributed by atoms with E-state index in [1.807, 2.05) is 6.07 Å². The zero-order chi connectivity index (χ0) is 15.5. The van der Waals surface area contributed by atoms with Gasteiger partial charge in [-0.05, 0) is 37.1 Å². The molecule has 0 saturated carbocycles. The summed E-state index contributed by atoms with van der Waals surface area (Å²) in [4.78, 5) is 0. The molecule has 1 aromatic carbocycles. The molecule has 5 heteroatoms. The first-order valence-electron chi connectivity index (χ1n) is 7.32. The Hall–Kier alpha value is -1.61. The van der Waals surface area contributed by atoms with Crippen LogP contribution in [0.15, 0.2) is 24.3 Å². The molecule has 0 aromatic heterocycles. The first-order valence-corrected chi connectivity index (χ1v) is 7.32. The fourth-order valence-electron chi connectivity index (χ4n) is 1.99. The minimum absolute atomic E-state index is 0.179. The van der Waals surface area contributed by atoms with E-state index in [0.717, 1.165) is 19.4 Å². The van der Waals surface area contributed by atoms with Gasteiger partial charge in [-0.25, -0.2) is 0 Å². The van der Waals surface area contributed by atoms with E-state index in [-0.39, 0.29) is 13.2 Å². The van der Waals surface area contributed by atoms with Crippen molar-refractivity contribution < 1.29 is 14.9 Å². The third-order valence-electron chi connectivity index (χ3n) is 3.33. The van der Waals surface area contributed by atoms with E-state index in [9.17, 15) is 5.11 Å². The summed E-state index contributed by atoms with van der Waals surface area (Å²) >= 11 is 0. The Bertz CT molecular complexity index is 445. The molecule has 2 atom stereocenters. The second-order valence-electron chi connectivity index (χ2n) is 5.05. The summed E-state index contributed by atoms with van der Waals surface area (Å²) < 4.78 is 5.46. The smallest absolute Gasteiger partial charge is 0.120 e. The van der Waals surface area contributed by atoms with Gasteiger partial charge >= 0.3 is 0 Å². The van der Waals surface area contributed by atoms with E-state index in [2.05, 4.69) is 12.2 Å². The Balaban J connectivity index is 2.24. The van der Waals surface area contributed by atoms with Crippen LogP contribution in [0.1, 0.15) is 25.3 Å². The van der Waals surface area contributed by atoms with Crippen molar-refractivity contribution in [1.82, 2.24) is 5.32 Å². The number of benzene rings is 1. The Labute approximate surface area is 126 Å². The van der Waals surface area contributed by atoms with Gasteiger partial charge in [0.05, 0.1) is 11.6 Å². The molecule has 1 aromatic rings. The Morgan fingerprint density at radius 2 is 2.19 bits per heavy atom. The molecule has 0 aliphatic carbocycles. The molecule has 0 radical (unpaired) electrons. The zero-order valence-electron chi connectivity index (χ0n) is 12.5. The second-order valence-corrected chi connectivity index (χ2v) is 5.05. The Kier molecular flexibility index (Phi) is 8.44. The molecule has 0 amide bonds. The lowest BCUT2D eigenvalue weighted by atomic mass is 10.0. The summed E-state index contributed by atoms with van der Waals surface area (Å²) in [5, 5.41) is 30.7. The third kappa shape index (κ3) is 7.09. The van der Waals surface area contributed by atoms with Gasteiger partial charge in [0.25, 0.3) is 0 Å². The van der Waals surface area contributed by atoms with Crippen LogP contribution in [0.3, 0.4) is 0 Å². The van der Waals surface area contributed by atoms with Crippen LogP contribution >= 0.6 is 0 Å². The summed E-state index contributed by atoms with van der Waals surface area (Å²) in [5.41, 5.74) is 0.537. The minimum atomic E-state index is -0.609. The van der Waals surface area contributed by atoms with Gasteiger partial charge in [0.2, 0.25) is 0 Å². The molecule has 5 nitrogen and oxygen atoms in total. The topological polar surface area (TPSA) is 85.5 Å². The molecular formula is C16H24N2O3. The number of hydrogen-bond donors (Lipinski definition) is 3. The average Bonchev–Trinajstić information content (AvgIpc) is 2.52. The van der Waals surface area contributed by atoms with Crippen LogP contribution in [0.2, 0.25) is 0 Å². The molecule has 21 heavy (non-hydrogen) atoms. The fraction of sp³-hybridized carbons (Fsp3) is 0.562. The summed E-state index contributed by atoms with van der Waals surface area (Å²) in [5.74, 6) is 1.01. The molecule has 0 saturated heterocycles. The van der Waals surface area contributed by atoms with E-state index >= 15 is 0 Å². The summed E-state index contributed by atoms with van der Waals surface area (Å²) in [6.07, 6.45) is 1.17. The molecule has 0 heterocycles. The van der Waals surface area contributed by atoms with Gasteiger partial charge in [-0.15, -0.1) is 0 Å². The highest BCUT2D eigenvalue weighted by Gasteiger charge is 2.08. The average molecular weight is 292 g/mol. The van der Waals surface area contributed by atoms with Crippen LogP contribution < -0.4 is 10.1 Å². The van der Waals surface area contributed by atoms with Gasteiger partial charge in [0.15, 0.2) is 0 Å². The first kappa shape index (κ1) is 17.4. The highest BCUT2D eigenvalue weighted by atomic mass is 16.5. The predicted octanol–water partition coefficient (Wildman–Crippen LogP) is 1.30. The number of ether oxygens (including phenoxy) is 1. The molecule has 0 aliphatic rings. The molecule has 3 N–H and O–H groups in total. The molecule has 2 unspecified atom stereocenters. The van der Waals surface area contributed by atoms with Crippen molar-refractivity contribution in [2.45, 2.75) is 25.9 Å². The number of rotatable bonds is 10. The maximum absolute atomic E-state index is 9.85. The molecule has 0 spiro atoms. The van der Waals surface area contributed by atoms with Crippen molar-refractivity contribution in [3.63, 3.8) is 0 Å². The van der Waals surface area contributed by atoms with Crippen molar-refractivity contribution in [3.8, 4) is 11.8 Å². The van der Waals surface area contributed by atoms with Crippen molar-refractivity contribution in [3.05, 3.63) is 29.8 Å². The maximum atomic E-state index is 9.85. The lowest BCUT2D eigenvalue weighted by Gasteiger charge is -2.17. The van der Waals surface area contributed by atoms with E-state index < -0.39 is 6.10 Å². The summed E-state index contributed by atoms with van der Waals surface area (Å²) in [7, 11) is 0. The van der Waals surface area contributed by atoms with Gasteiger partial charge in [0.1, 0.15) is 18.5 Å². The maximum Gasteiger partial charge on any atom is 0.120 e. The van der Waals surface area contributed by atoms with Crippen LogP contribution in [0.4, 0.5) is 0 Å². The number of hydrogen-bond acceptors (Lipinski definition) is 5. The van der Waals surface area contributed by atoms with Crippen molar-refractivity contribution in [2.75, 3.05) is 26.3 Å². The quantitative estimate of drug-likeness (QED) is 0.605. The van der Waals surface area contributed by atoms with Gasteiger partial charge in [0, 0.05) is 13.2 Å². The Morgan fingerprint density at radius 1 is 1.38 bits per heavy atom. The highest BCUT2D eigenvalue weighted by molar-refractivity contribution is 5.36. The number of nitrogens with zero attached hydrogens (tertiary/aromatic N) is 1. The van der Waals surface area contributed by atoms with E-state index in [1.54, 1.807) is 24.3 Å². The third-order valence-corrected chi connectivity index (χ3v) is 3.33. The monoisotopic (exact) mass is 292 g/mol. The second kappa shape index (κ2) is 10.2. The van der Waals surface area contributed by atoms with Crippen LogP contribution in [0.25, 0.3) is 0 Å². The fourth-order valence-corrected chi connectivity index (χ4v) is 1.99. The Morgan fingerprint density at radius 3 is 2.86 bits per heavy atom. The predicted molar refractivity (Wildman–Crippen MR) is 81.0 cm³/mol. The lowest BCUT2D eigenvalue weighted by Crippen LogP contribution is -2.34. The molecular weight excluding hydrogens is 268 g/mol. The van der Waals surface area contributed by atoms with Crippen LogP contribution in [0, 0.1) is 17.2 Å². The number of aliphatic hydroxyl groups is 2. The van der Waals surface area contributed by atoms with Crippen molar-refractivity contribution >= 4 is 0 Å². The zero-order valence-corrected chi connectivity index (χ0v) is 12.5. The lowest BCUT2D eigenvalue weighted by molar-refractivity contribution is 0.105. The van der Waals surface area contributed by atoms with E-state index in [0.29, 0.717) is 23.8 Å². The molecule has 1 rings (SSSR count). The van der Waals surface area contributed by atoms with Crippen LogP contribution in [-0.4, -0.2) is 42.6 Å². The standard InChI is InChI=1S/C16H24N2O3/c1-2-13(6-7-19)10-18-11-15(20)12-21-16-5-3-4-14(8-16)9-17/h3-5,8,13,15,18-20H,2,6-7,10-12H2,1H3. The van der Waals surface area contributed by atoms with Crippen molar-refractivity contribution in [2.24, 2.45) is 5.92 Å². The number of aliphatic hydroxyl groups excluding tert-OH is 2. The first-order chi connectivity index (χ1) is 10.2. The minimum Gasteiger partial charge on any atom is -0.491 e. The molecule has 0 bridgehead atoms. The van der Waals surface area contributed by atoms with Gasteiger partial charge < -0.3 is 20.3 Å². The highest BCUT2D eigenvalue weighted by Crippen LogP contribution is 2.12.